The Kier molecular flexibility index (Phi) is 4.07. The molecule has 0 aliphatic carbocycles. The Bertz CT molecular complexity index is 630. The van der Waals surface area contributed by atoms with E-state index in [9.17, 15) is 4.39 Å². The van der Waals surface area contributed by atoms with Gasteiger partial charge < -0.3 is 15.2 Å². The van der Waals surface area contributed by atoms with E-state index in [1.54, 1.807) is 0 Å². The lowest BCUT2D eigenvalue weighted by molar-refractivity contribution is 0.403. The molecule has 0 fully saturated rings. The van der Waals surface area contributed by atoms with Crippen molar-refractivity contribution >= 4 is 5.69 Å². The van der Waals surface area contributed by atoms with Crippen molar-refractivity contribution in [3.8, 4) is 17.2 Å². The number of halogens is 1. The first kappa shape index (κ1) is 15.2. The second-order valence-electron chi connectivity index (χ2n) is 5.90. The SMILES string of the molecule is COc1cc(Oc2ccc(C(C)(C)C)cc2)c(F)cc1N. The normalized spacial score (nSPS) is 11.3. The van der Waals surface area contributed by atoms with Crippen LogP contribution in [0.2, 0.25) is 0 Å². The van der Waals surface area contributed by atoms with Crippen LogP contribution in [0.25, 0.3) is 0 Å². The summed E-state index contributed by atoms with van der Waals surface area (Å²) in [5, 5.41) is 0. The van der Waals surface area contributed by atoms with E-state index in [1.807, 2.05) is 24.3 Å². The number of ether oxygens (including phenoxy) is 2. The van der Waals surface area contributed by atoms with Crippen LogP contribution in [0.3, 0.4) is 0 Å². The third-order valence-electron chi connectivity index (χ3n) is 3.23. The fourth-order valence-electron chi connectivity index (χ4n) is 1.96. The van der Waals surface area contributed by atoms with Crippen LogP contribution >= 0.6 is 0 Å². The Morgan fingerprint density at radius 1 is 1.00 bits per heavy atom. The van der Waals surface area contributed by atoms with E-state index in [2.05, 4.69) is 20.8 Å². The quantitative estimate of drug-likeness (QED) is 0.846. The molecule has 0 amide bonds. The molecule has 0 heterocycles. The van der Waals surface area contributed by atoms with Crippen molar-refractivity contribution in [2.24, 2.45) is 0 Å². The van der Waals surface area contributed by atoms with Crippen molar-refractivity contribution in [1.29, 1.82) is 0 Å². The van der Waals surface area contributed by atoms with Gasteiger partial charge in [0.1, 0.15) is 11.5 Å². The van der Waals surface area contributed by atoms with E-state index in [-0.39, 0.29) is 16.9 Å². The molecule has 0 atom stereocenters. The molecule has 0 aromatic heterocycles. The summed E-state index contributed by atoms with van der Waals surface area (Å²) < 4.78 is 24.5. The molecule has 0 bridgehead atoms. The molecule has 4 heteroatoms. The highest BCUT2D eigenvalue weighted by atomic mass is 19.1. The molecule has 3 nitrogen and oxygen atoms in total. The lowest BCUT2D eigenvalue weighted by Crippen LogP contribution is -2.10. The highest BCUT2D eigenvalue weighted by Crippen LogP contribution is 2.33. The van der Waals surface area contributed by atoms with Crippen LogP contribution in [0.4, 0.5) is 10.1 Å². The molecule has 21 heavy (non-hydrogen) atoms. The summed E-state index contributed by atoms with van der Waals surface area (Å²) in [6.45, 7) is 6.40. The van der Waals surface area contributed by atoms with Gasteiger partial charge in [-0.15, -0.1) is 0 Å². The molecule has 0 radical (unpaired) electrons. The molecule has 112 valence electrons. The number of methoxy groups -OCH3 is 1. The minimum atomic E-state index is -0.520. The van der Waals surface area contributed by atoms with Gasteiger partial charge in [0.2, 0.25) is 0 Å². The molecule has 0 spiro atoms. The first-order chi connectivity index (χ1) is 9.81. The van der Waals surface area contributed by atoms with E-state index in [0.29, 0.717) is 11.5 Å². The Morgan fingerprint density at radius 3 is 2.14 bits per heavy atom. The highest BCUT2D eigenvalue weighted by molar-refractivity contribution is 5.56. The van der Waals surface area contributed by atoms with Crippen LogP contribution < -0.4 is 15.2 Å². The van der Waals surface area contributed by atoms with Crippen molar-refractivity contribution in [2.45, 2.75) is 26.2 Å². The summed E-state index contributed by atoms with van der Waals surface area (Å²) in [4.78, 5) is 0. The Balaban J connectivity index is 2.26. The second-order valence-corrected chi connectivity index (χ2v) is 5.90. The Labute approximate surface area is 124 Å². The fourth-order valence-corrected chi connectivity index (χ4v) is 1.96. The zero-order valence-electron chi connectivity index (χ0n) is 12.7. The summed E-state index contributed by atoms with van der Waals surface area (Å²) in [6.07, 6.45) is 0. The number of benzene rings is 2. The van der Waals surface area contributed by atoms with Crippen LogP contribution in [-0.4, -0.2) is 7.11 Å². The standard InChI is InChI=1S/C17H20FNO2/c1-17(2,3)11-5-7-12(8-6-11)21-15-10-16(20-4)14(19)9-13(15)18/h5-10H,19H2,1-4H3. The zero-order chi connectivity index (χ0) is 15.6. The predicted molar refractivity (Wildman–Crippen MR) is 82.6 cm³/mol. The fraction of sp³-hybridized carbons (Fsp3) is 0.294. The highest BCUT2D eigenvalue weighted by Gasteiger charge is 2.14. The molecule has 0 aliphatic rings. The maximum atomic E-state index is 13.9. The monoisotopic (exact) mass is 289 g/mol. The van der Waals surface area contributed by atoms with Crippen LogP contribution in [-0.2, 0) is 5.41 Å². The molecule has 0 saturated heterocycles. The van der Waals surface area contributed by atoms with Crippen molar-refractivity contribution in [3.63, 3.8) is 0 Å². The van der Waals surface area contributed by atoms with E-state index in [0.717, 1.165) is 0 Å². The summed E-state index contributed by atoms with van der Waals surface area (Å²) in [5.41, 5.74) is 7.13. The van der Waals surface area contributed by atoms with E-state index >= 15 is 0 Å². The van der Waals surface area contributed by atoms with Gasteiger partial charge in [0.05, 0.1) is 12.8 Å². The summed E-state index contributed by atoms with van der Waals surface area (Å²) in [7, 11) is 1.48. The van der Waals surface area contributed by atoms with Gasteiger partial charge in [-0.25, -0.2) is 4.39 Å². The molecular formula is C17H20FNO2. The van der Waals surface area contributed by atoms with Gasteiger partial charge in [0, 0.05) is 12.1 Å². The average Bonchev–Trinajstić information content (AvgIpc) is 2.41. The first-order valence-corrected chi connectivity index (χ1v) is 6.72. The lowest BCUT2D eigenvalue weighted by Gasteiger charge is -2.19. The van der Waals surface area contributed by atoms with Crippen molar-refractivity contribution in [2.75, 3.05) is 12.8 Å². The number of nitrogen functional groups attached to an aromatic ring is 1. The maximum Gasteiger partial charge on any atom is 0.168 e. The molecule has 2 aromatic carbocycles. The number of rotatable bonds is 3. The Morgan fingerprint density at radius 2 is 1.62 bits per heavy atom. The molecule has 2 aromatic rings. The predicted octanol–water partition coefficient (Wildman–Crippen LogP) is 4.51. The molecule has 2 N–H and O–H groups in total. The van der Waals surface area contributed by atoms with E-state index in [4.69, 9.17) is 15.2 Å². The third-order valence-corrected chi connectivity index (χ3v) is 3.23. The largest absolute Gasteiger partial charge is 0.494 e. The minimum Gasteiger partial charge on any atom is -0.494 e. The number of hydrogen-bond donors (Lipinski definition) is 1. The van der Waals surface area contributed by atoms with Gasteiger partial charge in [-0.2, -0.15) is 0 Å². The molecule has 0 unspecified atom stereocenters. The summed E-state index contributed by atoms with van der Waals surface area (Å²) >= 11 is 0. The van der Waals surface area contributed by atoms with Gasteiger partial charge in [0.15, 0.2) is 11.6 Å². The van der Waals surface area contributed by atoms with E-state index in [1.165, 1.54) is 24.8 Å². The molecule has 0 aliphatic heterocycles. The Hall–Kier alpha value is -2.23. The molecule has 0 saturated carbocycles. The summed E-state index contributed by atoms with van der Waals surface area (Å²) in [5.74, 6) is 0.518. The van der Waals surface area contributed by atoms with Gasteiger partial charge in [-0.05, 0) is 23.1 Å². The molecule has 2 rings (SSSR count). The van der Waals surface area contributed by atoms with Crippen LogP contribution in [0.15, 0.2) is 36.4 Å². The third kappa shape index (κ3) is 3.45. The van der Waals surface area contributed by atoms with E-state index < -0.39 is 5.82 Å². The van der Waals surface area contributed by atoms with Crippen LogP contribution in [0.1, 0.15) is 26.3 Å². The lowest BCUT2D eigenvalue weighted by atomic mass is 9.87. The van der Waals surface area contributed by atoms with Crippen LogP contribution in [0.5, 0.6) is 17.2 Å². The molecular weight excluding hydrogens is 269 g/mol. The number of anilines is 1. The van der Waals surface area contributed by atoms with Crippen molar-refractivity contribution < 1.29 is 13.9 Å². The van der Waals surface area contributed by atoms with Gasteiger partial charge in [-0.3, -0.25) is 0 Å². The second kappa shape index (κ2) is 5.64. The smallest absolute Gasteiger partial charge is 0.168 e. The number of nitrogens with two attached hydrogens (primary N) is 1. The van der Waals surface area contributed by atoms with Gasteiger partial charge in [-0.1, -0.05) is 32.9 Å². The van der Waals surface area contributed by atoms with Gasteiger partial charge in [0.25, 0.3) is 0 Å². The van der Waals surface area contributed by atoms with Gasteiger partial charge >= 0.3 is 0 Å². The minimum absolute atomic E-state index is 0.0637. The van der Waals surface area contributed by atoms with Crippen molar-refractivity contribution in [3.05, 3.63) is 47.8 Å². The van der Waals surface area contributed by atoms with Crippen LogP contribution in [0, 0.1) is 5.82 Å². The van der Waals surface area contributed by atoms with Crippen molar-refractivity contribution in [1.82, 2.24) is 0 Å². The average molecular weight is 289 g/mol. The number of hydrogen-bond acceptors (Lipinski definition) is 3. The zero-order valence-corrected chi connectivity index (χ0v) is 12.7. The first-order valence-electron chi connectivity index (χ1n) is 6.72. The topological polar surface area (TPSA) is 44.5 Å². The summed E-state index contributed by atoms with van der Waals surface area (Å²) in [6, 6.07) is 10.2. The maximum absolute atomic E-state index is 13.9.